The first kappa shape index (κ1) is 17.0. The summed E-state index contributed by atoms with van der Waals surface area (Å²) in [7, 11) is 1.84. The zero-order chi connectivity index (χ0) is 15.0. The molecule has 0 radical (unpaired) electrons. The van der Waals surface area contributed by atoms with Crippen LogP contribution in [0.3, 0.4) is 0 Å². The molecule has 4 rings (SSSR count). The van der Waals surface area contributed by atoms with Gasteiger partial charge in [-0.1, -0.05) is 12.5 Å². The van der Waals surface area contributed by atoms with Gasteiger partial charge in [-0.3, -0.25) is 9.98 Å². The molecule has 1 aromatic rings. The Bertz CT molecular complexity index is 561. The third-order valence-electron chi connectivity index (χ3n) is 5.72. The minimum absolute atomic E-state index is 0. The van der Waals surface area contributed by atoms with Gasteiger partial charge >= 0.3 is 0 Å². The Morgan fingerprint density at radius 1 is 1.43 bits per heavy atom. The molecule has 2 heterocycles. The van der Waals surface area contributed by atoms with Crippen molar-refractivity contribution in [3.8, 4) is 0 Å². The van der Waals surface area contributed by atoms with Crippen molar-refractivity contribution in [3.05, 3.63) is 30.1 Å². The van der Waals surface area contributed by atoms with Crippen LogP contribution in [0.5, 0.6) is 0 Å². The minimum Gasteiger partial charge on any atom is -0.377 e. The van der Waals surface area contributed by atoms with E-state index in [1.165, 1.54) is 25.7 Å². The molecular weight excluding hydrogens is 403 g/mol. The van der Waals surface area contributed by atoms with E-state index in [2.05, 4.69) is 20.6 Å². The molecule has 126 valence electrons. The van der Waals surface area contributed by atoms with Crippen molar-refractivity contribution in [2.45, 2.75) is 44.4 Å². The number of ether oxygens (including phenoxy) is 1. The molecule has 2 saturated carbocycles. The number of nitrogens with one attached hydrogen (secondary N) is 2. The van der Waals surface area contributed by atoms with Gasteiger partial charge in [0.05, 0.1) is 18.3 Å². The number of hydrogen-bond acceptors (Lipinski definition) is 3. The van der Waals surface area contributed by atoms with E-state index in [1.54, 1.807) is 0 Å². The van der Waals surface area contributed by atoms with E-state index < -0.39 is 0 Å². The Hall–Kier alpha value is -0.890. The molecule has 3 unspecified atom stereocenters. The molecule has 3 aliphatic rings. The quantitative estimate of drug-likeness (QED) is 0.441. The van der Waals surface area contributed by atoms with E-state index in [0.29, 0.717) is 30.0 Å². The van der Waals surface area contributed by atoms with Crippen LogP contribution in [0.15, 0.2) is 29.4 Å². The van der Waals surface area contributed by atoms with Gasteiger partial charge in [0.25, 0.3) is 0 Å². The lowest BCUT2D eigenvalue weighted by molar-refractivity contribution is -0.171. The highest BCUT2D eigenvalue weighted by Crippen LogP contribution is 2.62. The second kappa shape index (κ2) is 6.93. The van der Waals surface area contributed by atoms with Gasteiger partial charge in [0.15, 0.2) is 5.96 Å². The van der Waals surface area contributed by atoms with Crippen molar-refractivity contribution in [1.82, 2.24) is 15.6 Å². The lowest BCUT2D eigenvalue weighted by atomic mass is 9.46. The Labute approximate surface area is 154 Å². The summed E-state index contributed by atoms with van der Waals surface area (Å²) in [6.45, 7) is 1.63. The number of guanidine groups is 1. The lowest BCUT2D eigenvalue weighted by Gasteiger charge is -2.63. The summed E-state index contributed by atoms with van der Waals surface area (Å²) in [5.41, 5.74) is 1.41. The molecule has 3 atom stereocenters. The van der Waals surface area contributed by atoms with E-state index >= 15 is 0 Å². The van der Waals surface area contributed by atoms with Crippen molar-refractivity contribution in [3.63, 3.8) is 0 Å². The molecule has 2 N–H and O–H groups in total. The third-order valence-corrected chi connectivity index (χ3v) is 5.72. The maximum absolute atomic E-state index is 5.97. The number of nitrogens with zero attached hydrogens (tertiary/aromatic N) is 2. The van der Waals surface area contributed by atoms with Crippen LogP contribution in [0.2, 0.25) is 0 Å². The Kier molecular flexibility index (Phi) is 5.10. The standard InChI is InChI=1S/C17H24N4O.HI/c1-18-16(20-11-12-5-2-3-9-19-12)21-14-13-6-10-22-15(13)17(14)7-4-8-17;/h2-3,5,9,13-15H,4,6-8,10-11H2,1H3,(H2,18,20,21);1H. The monoisotopic (exact) mass is 428 g/mol. The van der Waals surface area contributed by atoms with Gasteiger partial charge in [-0.15, -0.1) is 24.0 Å². The summed E-state index contributed by atoms with van der Waals surface area (Å²) in [6, 6.07) is 6.49. The van der Waals surface area contributed by atoms with Crippen LogP contribution in [0.4, 0.5) is 0 Å². The summed E-state index contributed by atoms with van der Waals surface area (Å²) in [4.78, 5) is 8.73. The zero-order valence-corrected chi connectivity index (χ0v) is 15.8. The molecule has 1 saturated heterocycles. The van der Waals surface area contributed by atoms with Crippen molar-refractivity contribution in [1.29, 1.82) is 0 Å². The molecular formula is C17H25IN4O. The molecule has 5 nitrogen and oxygen atoms in total. The number of rotatable bonds is 3. The van der Waals surface area contributed by atoms with Crippen LogP contribution in [-0.2, 0) is 11.3 Å². The van der Waals surface area contributed by atoms with Gasteiger partial charge in [0.1, 0.15) is 0 Å². The van der Waals surface area contributed by atoms with E-state index in [-0.39, 0.29) is 24.0 Å². The SMILES string of the molecule is CN=C(NCc1ccccn1)NC1C2CCOC2C12CCC2.I. The molecule has 0 bridgehead atoms. The highest BCUT2D eigenvalue weighted by atomic mass is 127. The number of aromatic nitrogens is 1. The van der Waals surface area contributed by atoms with E-state index in [1.807, 2.05) is 31.4 Å². The molecule has 0 amide bonds. The largest absolute Gasteiger partial charge is 0.377 e. The minimum atomic E-state index is 0. The third kappa shape index (κ3) is 2.84. The van der Waals surface area contributed by atoms with Gasteiger partial charge in [-0.05, 0) is 31.4 Å². The molecule has 3 fully saturated rings. The van der Waals surface area contributed by atoms with E-state index in [0.717, 1.165) is 18.3 Å². The maximum atomic E-state index is 5.97. The fourth-order valence-electron chi connectivity index (χ4n) is 4.47. The van der Waals surface area contributed by atoms with Crippen LogP contribution in [0.1, 0.15) is 31.4 Å². The molecule has 1 spiro atoms. The number of pyridine rings is 1. The second-order valence-corrected chi connectivity index (χ2v) is 6.70. The number of aliphatic imine (C=N–C) groups is 1. The number of hydrogen-bond donors (Lipinski definition) is 2. The zero-order valence-electron chi connectivity index (χ0n) is 13.5. The van der Waals surface area contributed by atoms with Gasteiger partial charge in [0.2, 0.25) is 0 Å². The highest BCUT2D eigenvalue weighted by molar-refractivity contribution is 14.0. The van der Waals surface area contributed by atoms with Crippen molar-refractivity contribution >= 4 is 29.9 Å². The van der Waals surface area contributed by atoms with Crippen molar-refractivity contribution in [2.75, 3.05) is 13.7 Å². The molecule has 1 aliphatic heterocycles. The number of fused-ring (bicyclic) bond motifs is 2. The Morgan fingerprint density at radius 3 is 2.96 bits per heavy atom. The summed E-state index contributed by atoms with van der Waals surface area (Å²) >= 11 is 0. The van der Waals surface area contributed by atoms with Crippen LogP contribution < -0.4 is 10.6 Å². The fourth-order valence-corrected chi connectivity index (χ4v) is 4.47. The van der Waals surface area contributed by atoms with Gasteiger partial charge < -0.3 is 15.4 Å². The summed E-state index contributed by atoms with van der Waals surface area (Å²) in [5, 5.41) is 7.05. The Morgan fingerprint density at radius 2 is 2.30 bits per heavy atom. The first-order chi connectivity index (χ1) is 10.8. The summed E-state index contributed by atoms with van der Waals surface area (Å²) in [6.07, 6.45) is 7.42. The fraction of sp³-hybridized carbons (Fsp3) is 0.647. The van der Waals surface area contributed by atoms with Gasteiger partial charge in [-0.25, -0.2) is 0 Å². The molecule has 0 aromatic carbocycles. The maximum Gasteiger partial charge on any atom is 0.191 e. The first-order valence-corrected chi connectivity index (χ1v) is 8.32. The van der Waals surface area contributed by atoms with Crippen molar-refractivity contribution < 1.29 is 4.74 Å². The normalized spacial score (nSPS) is 30.7. The average molecular weight is 428 g/mol. The van der Waals surface area contributed by atoms with Crippen LogP contribution in [0.25, 0.3) is 0 Å². The van der Waals surface area contributed by atoms with Gasteiger partial charge in [0, 0.05) is 37.2 Å². The topological polar surface area (TPSA) is 58.5 Å². The molecule has 23 heavy (non-hydrogen) atoms. The average Bonchev–Trinajstić information content (AvgIpc) is 2.92. The Balaban J connectivity index is 0.00000156. The smallest absolute Gasteiger partial charge is 0.191 e. The van der Waals surface area contributed by atoms with E-state index in [9.17, 15) is 0 Å². The van der Waals surface area contributed by atoms with E-state index in [4.69, 9.17) is 4.74 Å². The first-order valence-electron chi connectivity index (χ1n) is 8.32. The lowest BCUT2D eigenvalue weighted by Crippen LogP contribution is -2.72. The van der Waals surface area contributed by atoms with Gasteiger partial charge in [-0.2, -0.15) is 0 Å². The van der Waals surface area contributed by atoms with Crippen LogP contribution >= 0.6 is 24.0 Å². The molecule has 1 aromatic heterocycles. The number of halogens is 1. The second-order valence-electron chi connectivity index (χ2n) is 6.70. The molecule has 2 aliphatic carbocycles. The predicted octanol–water partition coefficient (Wildman–Crippen LogP) is 2.32. The predicted molar refractivity (Wildman–Crippen MR) is 101 cm³/mol. The summed E-state index contributed by atoms with van der Waals surface area (Å²) in [5.74, 6) is 1.54. The highest BCUT2D eigenvalue weighted by Gasteiger charge is 2.66. The summed E-state index contributed by atoms with van der Waals surface area (Å²) < 4.78 is 5.97. The van der Waals surface area contributed by atoms with Crippen LogP contribution in [-0.4, -0.2) is 36.7 Å². The molecule has 6 heteroatoms. The van der Waals surface area contributed by atoms with Crippen LogP contribution in [0, 0.1) is 11.3 Å². The van der Waals surface area contributed by atoms with Crippen molar-refractivity contribution in [2.24, 2.45) is 16.3 Å².